The first-order valence-electron chi connectivity index (χ1n) is 7.33. The number of nitrogens with one attached hydrogen (secondary N) is 1. The molecule has 0 spiro atoms. The van der Waals surface area contributed by atoms with E-state index >= 15 is 0 Å². The van der Waals surface area contributed by atoms with E-state index in [1.807, 2.05) is 25.7 Å². The summed E-state index contributed by atoms with van der Waals surface area (Å²) < 4.78 is 5.03. The molecule has 2 rings (SSSR count). The molecular weight excluding hydrogens is 268 g/mol. The van der Waals surface area contributed by atoms with E-state index in [0.29, 0.717) is 25.5 Å². The Balaban J connectivity index is 1.91. The van der Waals surface area contributed by atoms with E-state index in [4.69, 9.17) is 4.74 Å². The average Bonchev–Trinajstić information content (AvgIpc) is 2.79. The first-order chi connectivity index (χ1) is 10.0. The summed E-state index contributed by atoms with van der Waals surface area (Å²) in [6.07, 6.45) is 0.596. The molecule has 6 heteroatoms. The average molecular weight is 292 g/mol. The summed E-state index contributed by atoms with van der Waals surface area (Å²) in [5, 5.41) is 3.37. The number of hydrogen-bond donors (Lipinski definition) is 1. The Kier molecular flexibility index (Phi) is 5.12. The van der Waals surface area contributed by atoms with Crippen LogP contribution in [-0.4, -0.2) is 54.1 Å². The number of aryl methyl sites for hydroxylation is 2. The van der Waals surface area contributed by atoms with E-state index in [2.05, 4.69) is 15.3 Å². The minimum absolute atomic E-state index is 0.214. The Labute approximate surface area is 125 Å². The summed E-state index contributed by atoms with van der Waals surface area (Å²) >= 11 is 0. The van der Waals surface area contributed by atoms with Gasteiger partial charge in [-0.25, -0.2) is 9.97 Å². The molecule has 6 nitrogen and oxygen atoms in total. The predicted molar refractivity (Wildman–Crippen MR) is 81.3 cm³/mol. The van der Waals surface area contributed by atoms with Crippen molar-refractivity contribution in [2.24, 2.45) is 5.92 Å². The number of likely N-dealkylation sites (tertiary alicyclic amines) is 1. The SMILES string of the molecule is COCCN1C[C@H](CNc2nc(C)nc(C)c2C)CC1=O. The van der Waals surface area contributed by atoms with Crippen LogP contribution in [0.3, 0.4) is 0 Å². The van der Waals surface area contributed by atoms with Gasteiger partial charge >= 0.3 is 0 Å². The molecule has 0 radical (unpaired) electrons. The van der Waals surface area contributed by atoms with Crippen molar-refractivity contribution in [2.75, 3.05) is 38.7 Å². The molecule has 2 heterocycles. The van der Waals surface area contributed by atoms with Crippen molar-refractivity contribution in [2.45, 2.75) is 27.2 Å². The number of hydrogen-bond acceptors (Lipinski definition) is 5. The minimum Gasteiger partial charge on any atom is -0.383 e. The molecule has 0 aliphatic carbocycles. The van der Waals surface area contributed by atoms with Gasteiger partial charge in [0.1, 0.15) is 11.6 Å². The minimum atomic E-state index is 0.214. The zero-order valence-electron chi connectivity index (χ0n) is 13.3. The van der Waals surface area contributed by atoms with E-state index in [9.17, 15) is 4.79 Å². The van der Waals surface area contributed by atoms with Crippen molar-refractivity contribution in [3.63, 3.8) is 0 Å². The van der Waals surface area contributed by atoms with Gasteiger partial charge in [0.2, 0.25) is 5.91 Å². The third kappa shape index (κ3) is 3.91. The Morgan fingerprint density at radius 1 is 1.33 bits per heavy atom. The lowest BCUT2D eigenvalue weighted by atomic mass is 10.1. The molecule has 1 aliphatic heterocycles. The van der Waals surface area contributed by atoms with Gasteiger partial charge in [0.25, 0.3) is 0 Å². The van der Waals surface area contributed by atoms with Gasteiger partial charge in [-0.05, 0) is 20.8 Å². The first-order valence-corrected chi connectivity index (χ1v) is 7.33. The number of carbonyl (C=O) groups is 1. The van der Waals surface area contributed by atoms with Gasteiger partial charge in [-0.3, -0.25) is 4.79 Å². The molecule has 0 saturated carbocycles. The molecule has 1 aromatic heterocycles. The van der Waals surface area contributed by atoms with E-state index in [1.54, 1.807) is 7.11 Å². The lowest BCUT2D eigenvalue weighted by Crippen LogP contribution is -2.29. The summed E-state index contributed by atoms with van der Waals surface area (Å²) in [7, 11) is 1.65. The van der Waals surface area contributed by atoms with E-state index in [0.717, 1.165) is 36.0 Å². The van der Waals surface area contributed by atoms with Gasteiger partial charge in [-0.15, -0.1) is 0 Å². The molecular formula is C15H24N4O2. The molecule has 0 aromatic carbocycles. The van der Waals surface area contributed by atoms with Crippen LogP contribution in [0.1, 0.15) is 23.5 Å². The number of anilines is 1. The zero-order valence-corrected chi connectivity index (χ0v) is 13.3. The second-order valence-corrected chi connectivity index (χ2v) is 5.61. The van der Waals surface area contributed by atoms with Crippen LogP contribution in [-0.2, 0) is 9.53 Å². The van der Waals surface area contributed by atoms with Gasteiger partial charge in [0, 0.05) is 50.3 Å². The molecule has 1 N–H and O–H groups in total. The van der Waals surface area contributed by atoms with Gasteiger partial charge in [-0.1, -0.05) is 0 Å². The lowest BCUT2D eigenvalue weighted by molar-refractivity contribution is -0.128. The number of amides is 1. The molecule has 116 valence electrons. The second-order valence-electron chi connectivity index (χ2n) is 5.61. The second kappa shape index (κ2) is 6.85. The quantitative estimate of drug-likeness (QED) is 0.856. The highest BCUT2D eigenvalue weighted by Gasteiger charge is 2.29. The standard InChI is InChI=1S/C15H24N4O2/c1-10-11(2)17-12(3)18-15(10)16-8-13-7-14(20)19(9-13)5-6-21-4/h13H,5-9H2,1-4H3,(H,16,17,18)/t13-/m0/s1. The van der Waals surface area contributed by atoms with Crippen molar-refractivity contribution in [1.29, 1.82) is 0 Å². The van der Waals surface area contributed by atoms with Gasteiger partial charge in [0.05, 0.1) is 6.61 Å². The van der Waals surface area contributed by atoms with Gasteiger partial charge < -0.3 is 15.0 Å². The molecule has 21 heavy (non-hydrogen) atoms. The molecule has 1 aromatic rings. The molecule has 0 unspecified atom stereocenters. The van der Waals surface area contributed by atoms with Crippen LogP contribution in [0.25, 0.3) is 0 Å². The zero-order chi connectivity index (χ0) is 15.4. The maximum Gasteiger partial charge on any atom is 0.223 e. The van der Waals surface area contributed by atoms with Crippen LogP contribution in [0, 0.1) is 26.7 Å². The van der Waals surface area contributed by atoms with E-state index < -0.39 is 0 Å². The third-order valence-electron chi connectivity index (χ3n) is 3.92. The summed E-state index contributed by atoms with van der Waals surface area (Å²) in [6, 6.07) is 0. The summed E-state index contributed by atoms with van der Waals surface area (Å²) in [6.45, 7) is 8.71. The maximum atomic E-state index is 11.9. The summed E-state index contributed by atoms with van der Waals surface area (Å²) in [5.41, 5.74) is 2.07. The Bertz CT molecular complexity index is 519. The van der Waals surface area contributed by atoms with Crippen molar-refractivity contribution < 1.29 is 9.53 Å². The number of aromatic nitrogens is 2. The Morgan fingerprint density at radius 2 is 2.10 bits per heavy atom. The molecule has 1 atom stereocenters. The van der Waals surface area contributed by atoms with Crippen LogP contribution in [0.15, 0.2) is 0 Å². The fourth-order valence-electron chi connectivity index (χ4n) is 2.59. The molecule has 0 bridgehead atoms. The fraction of sp³-hybridized carbons (Fsp3) is 0.667. The highest BCUT2D eigenvalue weighted by atomic mass is 16.5. The Hall–Kier alpha value is -1.69. The molecule has 1 aliphatic rings. The highest BCUT2D eigenvalue weighted by molar-refractivity contribution is 5.78. The number of rotatable bonds is 6. The van der Waals surface area contributed by atoms with Crippen molar-refractivity contribution in [3.05, 3.63) is 17.1 Å². The van der Waals surface area contributed by atoms with Crippen LogP contribution in [0.5, 0.6) is 0 Å². The monoisotopic (exact) mass is 292 g/mol. The summed E-state index contributed by atoms with van der Waals surface area (Å²) in [4.78, 5) is 22.6. The number of ether oxygens (including phenoxy) is 1. The van der Waals surface area contributed by atoms with Gasteiger partial charge in [0.15, 0.2) is 0 Å². The van der Waals surface area contributed by atoms with Crippen LogP contribution < -0.4 is 5.32 Å². The molecule has 1 amide bonds. The van der Waals surface area contributed by atoms with Crippen molar-refractivity contribution >= 4 is 11.7 Å². The smallest absolute Gasteiger partial charge is 0.223 e. The maximum absolute atomic E-state index is 11.9. The number of carbonyl (C=O) groups excluding carboxylic acids is 1. The normalized spacial score (nSPS) is 18.4. The topological polar surface area (TPSA) is 67.3 Å². The van der Waals surface area contributed by atoms with Crippen LogP contribution in [0.4, 0.5) is 5.82 Å². The van der Waals surface area contributed by atoms with E-state index in [-0.39, 0.29) is 5.91 Å². The molecule has 1 saturated heterocycles. The fourth-order valence-corrected chi connectivity index (χ4v) is 2.59. The van der Waals surface area contributed by atoms with Crippen molar-refractivity contribution in [3.8, 4) is 0 Å². The molecule has 1 fully saturated rings. The number of methoxy groups -OCH3 is 1. The highest BCUT2D eigenvalue weighted by Crippen LogP contribution is 2.20. The van der Waals surface area contributed by atoms with Crippen molar-refractivity contribution in [1.82, 2.24) is 14.9 Å². The largest absolute Gasteiger partial charge is 0.383 e. The van der Waals surface area contributed by atoms with E-state index in [1.165, 1.54) is 0 Å². The Morgan fingerprint density at radius 3 is 2.81 bits per heavy atom. The third-order valence-corrected chi connectivity index (χ3v) is 3.92. The van der Waals surface area contributed by atoms with Gasteiger partial charge in [-0.2, -0.15) is 0 Å². The van der Waals surface area contributed by atoms with Crippen LogP contribution >= 0.6 is 0 Å². The predicted octanol–water partition coefficient (Wildman–Crippen LogP) is 1.31. The summed E-state index contributed by atoms with van der Waals surface area (Å²) in [5.74, 6) is 2.18. The first kappa shape index (κ1) is 15.7. The number of nitrogens with zero attached hydrogens (tertiary/aromatic N) is 3. The van der Waals surface area contributed by atoms with Crippen LogP contribution in [0.2, 0.25) is 0 Å². The lowest BCUT2D eigenvalue weighted by Gasteiger charge is -2.17.